The summed E-state index contributed by atoms with van der Waals surface area (Å²) in [5.41, 5.74) is 0.691. The first-order valence-electron chi connectivity index (χ1n) is 13.4. The first-order valence-corrected chi connectivity index (χ1v) is 13.4. The fraction of sp³-hybridized carbons (Fsp3) is 0.517. The lowest BCUT2D eigenvalue weighted by atomic mass is 9.94. The van der Waals surface area contributed by atoms with Gasteiger partial charge in [-0.05, 0) is 55.5 Å². The van der Waals surface area contributed by atoms with E-state index in [2.05, 4.69) is 5.32 Å². The summed E-state index contributed by atoms with van der Waals surface area (Å²) >= 11 is 0. The van der Waals surface area contributed by atoms with Crippen molar-refractivity contribution in [1.82, 2.24) is 10.2 Å². The second kappa shape index (κ2) is 11.9. The van der Waals surface area contributed by atoms with Crippen molar-refractivity contribution in [2.24, 2.45) is 0 Å². The summed E-state index contributed by atoms with van der Waals surface area (Å²) in [6.07, 6.45) is 6.04. The van der Waals surface area contributed by atoms with Gasteiger partial charge in [-0.15, -0.1) is 0 Å². The fourth-order valence-corrected chi connectivity index (χ4v) is 5.47. The molecule has 2 aromatic rings. The molecule has 1 aliphatic carbocycles. The molecule has 3 atom stereocenters. The zero-order valence-electron chi connectivity index (χ0n) is 21.4. The van der Waals surface area contributed by atoms with Gasteiger partial charge in [0.25, 0.3) is 5.91 Å². The van der Waals surface area contributed by atoms with Crippen molar-refractivity contribution in [3.05, 3.63) is 54.1 Å². The van der Waals surface area contributed by atoms with Gasteiger partial charge in [0.2, 0.25) is 12.0 Å². The van der Waals surface area contributed by atoms with Gasteiger partial charge in [0.1, 0.15) is 18.4 Å². The summed E-state index contributed by atoms with van der Waals surface area (Å²) in [4.78, 5) is 29.7. The number of amides is 2. The van der Waals surface area contributed by atoms with Crippen LogP contribution in [0.1, 0.15) is 56.6 Å². The van der Waals surface area contributed by atoms with Crippen LogP contribution in [0.5, 0.6) is 17.2 Å². The molecule has 2 heterocycles. The van der Waals surface area contributed by atoms with E-state index in [4.69, 9.17) is 18.9 Å². The minimum atomic E-state index is -0.869. The Morgan fingerprint density at radius 3 is 2.59 bits per heavy atom. The summed E-state index contributed by atoms with van der Waals surface area (Å²) in [7, 11) is 1.59. The maximum Gasteiger partial charge on any atom is 0.268 e. The average molecular weight is 509 g/mol. The average Bonchev–Trinajstić information content (AvgIpc) is 3.46. The van der Waals surface area contributed by atoms with Gasteiger partial charge in [0, 0.05) is 19.2 Å². The number of carbonyl (C=O) groups excluding carboxylic acids is 2. The Kier molecular flexibility index (Phi) is 8.14. The normalized spacial score (nSPS) is 22.2. The summed E-state index contributed by atoms with van der Waals surface area (Å²) in [5.74, 6) is 1.27. The topological polar surface area (TPSA) is 86.3 Å². The number of carbonyl (C=O) groups is 2. The Balaban J connectivity index is 1.47. The van der Waals surface area contributed by atoms with Crippen molar-refractivity contribution in [3.8, 4) is 17.2 Å². The summed E-state index contributed by atoms with van der Waals surface area (Å²) in [6.45, 7) is 1.02. The molecule has 1 saturated heterocycles. The van der Waals surface area contributed by atoms with Crippen LogP contribution in [0.15, 0.2) is 48.5 Å². The highest BCUT2D eigenvalue weighted by Crippen LogP contribution is 2.34. The molecular formula is C29H36N2O6. The van der Waals surface area contributed by atoms with Gasteiger partial charge >= 0.3 is 0 Å². The molecule has 1 saturated carbocycles. The number of nitrogens with one attached hydrogen (secondary N) is 1. The lowest BCUT2D eigenvalue weighted by molar-refractivity contribution is -0.150. The van der Waals surface area contributed by atoms with Gasteiger partial charge in [0.15, 0.2) is 11.5 Å². The Hall–Kier alpha value is -3.26. The highest BCUT2D eigenvalue weighted by molar-refractivity contribution is 5.91. The van der Waals surface area contributed by atoms with Crippen molar-refractivity contribution in [2.75, 3.05) is 26.9 Å². The van der Waals surface area contributed by atoms with Crippen LogP contribution in [-0.4, -0.2) is 61.8 Å². The lowest BCUT2D eigenvalue weighted by Crippen LogP contribution is -2.54. The highest BCUT2D eigenvalue weighted by Gasteiger charge is 2.40. The quantitative estimate of drug-likeness (QED) is 0.580. The predicted molar refractivity (Wildman–Crippen MR) is 138 cm³/mol. The summed E-state index contributed by atoms with van der Waals surface area (Å²) in [6, 6.07) is 13.9. The molecule has 5 rings (SSSR count). The predicted octanol–water partition coefficient (Wildman–Crippen LogP) is 4.03. The van der Waals surface area contributed by atoms with Crippen LogP contribution in [0, 0.1) is 0 Å². The first kappa shape index (κ1) is 25.4. The third-order valence-electron chi connectivity index (χ3n) is 7.41. The molecule has 3 aliphatic rings. The number of para-hydroxylation sites is 2. The Morgan fingerprint density at radius 2 is 1.84 bits per heavy atom. The van der Waals surface area contributed by atoms with Crippen LogP contribution in [0.4, 0.5) is 0 Å². The van der Waals surface area contributed by atoms with E-state index in [1.54, 1.807) is 18.1 Å². The zero-order chi connectivity index (χ0) is 25.6. The molecule has 2 aromatic carbocycles. The Bertz CT molecular complexity index is 1080. The summed E-state index contributed by atoms with van der Waals surface area (Å²) < 4.78 is 23.3. The third kappa shape index (κ3) is 6.01. The molecule has 2 amide bonds. The van der Waals surface area contributed by atoms with Gasteiger partial charge in [-0.25, -0.2) is 0 Å². The van der Waals surface area contributed by atoms with Crippen molar-refractivity contribution in [1.29, 1.82) is 0 Å². The molecule has 0 bridgehead atoms. The Labute approximate surface area is 218 Å². The molecule has 0 aromatic heterocycles. The minimum absolute atomic E-state index is 0.0763. The highest BCUT2D eigenvalue weighted by atomic mass is 16.6. The molecule has 8 nitrogen and oxygen atoms in total. The number of ether oxygens (including phenoxy) is 4. The van der Waals surface area contributed by atoms with Crippen LogP contribution < -0.4 is 19.5 Å². The van der Waals surface area contributed by atoms with Crippen molar-refractivity contribution in [3.63, 3.8) is 0 Å². The van der Waals surface area contributed by atoms with Crippen LogP contribution >= 0.6 is 0 Å². The molecule has 1 N–H and O–H groups in total. The SMILES string of the molecule is COc1cccc([C@@H](C(=O)NC2CCCCC2)N(C[C@H]2CCCO2)C(=O)[C@@H]2COc3ccccc3O2)c1. The van der Waals surface area contributed by atoms with E-state index in [0.717, 1.165) is 38.5 Å². The van der Waals surface area contributed by atoms with E-state index in [-0.39, 0.29) is 30.6 Å². The maximum atomic E-state index is 14.1. The smallest absolute Gasteiger partial charge is 0.268 e. The molecule has 0 radical (unpaired) electrons. The second-order valence-corrected chi connectivity index (χ2v) is 10.0. The Morgan fingerprint density at radius 1 is 1.03 bits per heavy atom. The fourth-order valence-electron chi connectivity index (χ4n) is 5.47. The van der Waals surface area contributed by atoms with Crippen molar-refractivity contribution < 1.29 is 28.5 Å². The van der Waals surface area contributed by atoms with E-state index in [9.17, 15) is 9.59 Å². The summed E-state index contributed by atoms with van der Waals surface area (Å²) in [5, 5.41) is 3.25. The molecular weight excluding hydrogens is 472 g/mol. The molecule has 0 unspecified atom stereocenters. The van der Waals surface area contributed by atoms with E-state index in [1.165, 1.54) is 6.42 Å². The molecule has 37 heavy (non-hydrogen) atoms. The number of methoxy groups -OCH3 is 1. The van der Waals surface area contributed by atoms with Gasteiger partial charge in [0.05, 0.1) is 13.2 Å². The van der Waals surface area contributed by atoms with Gasteiger partial charge < -0.3 is 29.2 Å². The minimum Gasteiger partial charge on any atom is -0.497 e. The molecule has 2 fully saturated rings. The number of rotatable bonds is 8. The van der Waals surface area contributed by atoms with Crippen LogP contribution in [-0.2, 0) is 14.3 Å². The van der Waals surface area contributed by atoms with Crippen LogP contribution in [0.25, 0.3) is 0 Å². The van der Waals surface area contributed by atoms with Crippen molar-refractivity contribution >= 4 is 11.8 Å². The lowest BCUT2D eigenvalue weighted by Gasteiger charge is -2.37. The number of hydrogen-bond acceptors (Lipinski definition) is 6. The number of benzene rings is 2. The van der Waals surface area contributed by atoms with E-state index >= 15 is 0 Å². The molecule has 198 valence electrons. The molecule has 2 aliphatic heterocycles. The van der Waals surface area contributed by atoms with Crippen molar-refractivity contribution in [2.45, 2.75) is 69.2 Å². The monoisotopic (exact) mass is 508 g/mol. The largest absolute Gasteiger partial charge is 0.497 e. The van der Waals surface area contributed by atoms with Gasteiger partial charge in [-0.3, -0.25) is 9.59 Å². The van der Waals surface area contributed by atoms with Gasteiger partial charge in [-0.2, -0.15) is 0 Å². The number of nitrogens with zero attached hydrogens (tertiary/aromatic N) is 1. The van der Waals surface area contributed by atoms with E-state index in [0.29, 0.717) is 36.0 Å². The zero-order valence-corrected chi connectivity index (χ0v) is 21.4. The van der Waals surface area contributed by atoms with E-state index in [1.807, 2.05) is 42.5 Å². The van der Waals surface area contributed by atoms with Crippen LogP contribution in [0.3, 0.4) is 0 Å². The van der Waals surface area contributed by atoms with Gasteiger partial charge in [-0.1, -0.05) is 43.5 Å². The number of hydrogen-bond donors (Lipinski definition) is 1. The standard InChI is InChI=1S/C29H36N2O6/c1-34-22-12-7-9-20(17-22)27(28(32)30-21-10-3-2-4-11-21)31(18-23-13-8-16-35-23)29(33)26-19-36-24-14-5-6-15-25(24)37-26/h5-7,9,12,14-15,17,21,23,26-27H,2-4,8,10-11,13,16,18-19H2,1H3,(H,30,32)/t23-,26+,27+/m1/s1. The van der Waals surface area contributed by atoms with E-state index < -0.39 is 12.1 Å². The van der Waals surface area contributed by atoms with Crippen LogP contribution in [0.2, 0.25) is 0 Å². The molecule has 8 heteroatoms. The number of fused-ring (bicyclic) bond motifs is 1. The first-order chi connectivity index (χ1) is 18.1. The third-order valence-corrected chi connectivity index (χ3v) is 7.41. The second-order valence-electron chi connectivity index (χ2n) is 10.0. The molecule has 0 spiro atoms. The maximum absolute atomic E-state index is 14.1.